The van der Waals surface area contributed by atoms with Crippen molar-refractivity contribution in [1.29, 1.82) is 0 Å². The molecule has 0 aliphatic heterocycles. The fourth-order valence-corrected chi connectivity index (χ4v) is 1.26. The molecule has 0 radical (unpaired) electrons. The number of carbonyl (C=O) groups is 1. The molecule has 0 fully saturated rings. The molecule has 0 saturated heterocycles. The molecule has 0 saturated carbocycles. The van der Waals surface area contributed by atoms with E-state index in [1.54, 1.807) is 12.1 Å². The molecular formula is C10H8N2O4. The second-order valence-corrected chi connectivity index (χ2v) is 3.17. The van der Waals surface area contributed by atoms with Gasteiger partial charge in [0.2, 0.25) is 0 Å². The lowest BCUT2D eigenvalue weighted by Crippen LogP contribution is -2.12. The molecule has 0 bridgehead atoms. The third-order valence-electron chi connectivity index (χ3n) is 2.01. The van der Waals surface area contributed by atoms with Crippen LogP contribution in [-0.4, -0.2) is 21.0 Å². The first-order valence-electron chi connectivity index (χ1n) is 4.63. The number of hydrogen-bond donors (Lipinski definition) is 1. The lowest BCUT2D eigenvalue weighted by Gasteiger charge is -1.98. The van der Waals surface area contributed by atoms with Crippen LogP contribution in [0.3, 0.4) is 0 Å². The number of nitrogens with zero attached hydrogens (tertiary/aromatic N) is 2. The Kier molecular flexibility index (Phi) is 2.63. The van der Waals surface area contributed by atoms with E-state index in [1.165, 1.54) is 6.20 Å². The summed E-state index contributed by atoms with van der Waals surface area (Å²) in [6.07, 6.45) is 1.41. The standard InChI is InChI=1S/C10H8N2O4/c13-8(14)4-3-6-10(15)16-7-2-1-5-11-9(7)12-6/h1-2,5H,3-4H2,(H,13,14). The van der Waals surface area contributed by atoms with Gasteiger partial charge in [0.25, 0.3) is 0 Å². The van der Waals surface area contributed by atoms with Crippen LogP contribution in [-0.2, 0) is 11.2 Å². The van der Waals surface area contributed by atoms with Crippen molar-refractivity contribution in [2.24, 2.45) is 0 Å². The van der Waals surface area contributed by atoms with Gasteiger partial charge in [0, 0.05) is 12.6 Å². The van der Waals surface area contributed by atoms with Crippen LogP contribution in [0, 0.1) is 0 Å². The normalized spacial score (nSPS) is 10.5. The van der Waals surface area contributed by atoms with Crippen LogP contribution in [0.5, 0.6) is 0 Å². The molecule has 0 atom stereocenters. The van der Waals surface area contributed by atoms with Gasteiger partial charge in [0.1, 0.15) is 5.69 Å². The van der Waals surface area contributed by atoms with Crippen molar-refractivity contribution in [2.75, 3.05) is 0 Å². The lowest BCUT2D eigenvalue weighted by molar-refractivity contribution is -0.136. The minimum atomic E-state index is -0.984. The van der Waals surface area contributed by atoms with Gasteiger partial charge >= 0.3 is 11.6 Å². The first-order chi connectivity index (χ1) is 7.66. The molecular weight excluding hydrogens is 212 g/mol. The predicted molar refractivity (Wildman–Crippen MR) is 54.0 cm³/mol. The molecule has 0 aromatic carbocycles. The molecule has 2 rings (SSSR count). The third kappa shape index (κ3) is 2.05. The van der Waals surface area contributed by atoms with Gasteiger partial charge in [0.05, 0.1) is 6.42 Å². The molecule has 0 aliphatic carbocycles. The summed E-state index contributed by atoms with van der Waals surface area (Å²) in [4.78, 5) is 29.7. The number of carboxylic acids is 1. The fourth-order valence-electron chi connectivity index (χ4n) is 1.26. The van der Waals surface area contributed by atoms with Gasteiger partial charge in [-0.3, -0.25) is 4.79 Å². The SMILES string of the molecule is O=C(O)CCc1nc2ncccc2oc1=O. The number of aliphatic carboxylic acids is 1. The Hall–Kier alpha value is -2.24. The topological polar surface area (TPSA) is 93.3 Å². The fraction of sp³-hybridized carbons (Fsp3) is 0.200. The average molecular weight is 220 g/mol. The van der Waals surface area contributed by atoms with Crippen LogP contribution in [0.15, 0.2) is 27.5 Å². The molecule has 0 unspecified atom stereocenters. The summed E-state index contributed by atoms with van der Waals surface area (Å²) in [5, 5.41) is 8.50. The Balaban J connectivity index is 2.42. The molecule has 0 aliphatic rings. The highest BCUT2D eigenvalue weighted by atomic mass is 16.4. The highest BCUT2D eigenvalue weighted by molar-refractivity contribution is 5.68. The highest BCUT2D eigenvalue weighted by Crippen LogP contribution is 2.06. The van der Waals surface area contributed by atoms with E-state index in [-0.39, 0.29) is 18.5 Å². The maximum atomic E-state index is 11.4. The average Bonchev–Trinajstić information content (AvgIpc) is 2.26. The van der Waals surface area contributed by atoms with Crippen LogP contribution in [0.1, 0.15) is 12.1 Å². The number of fused-ring (bicyclic) bond motifs is 1. The largest absolute Gasteiger partial charge is 0.481 e. The van der Waals surface area contributed by atoms with Gasteiger partial charge in [0.15, 0.2) is 11.2 Å². The van der Waals surface area contributed by atoms with E-state index in [2.05, 4.69) is 9.97 Å². The molecule has 16 heavy (non-hydrogen) atoms. The molecule has 2 aromatic heterocycles. The van der Waals surface area contributed by atoms with Crippen LogP contribution in [0.2, 0.25) is 0 Å². The van der Waals surface area contributed by atoms with E-state index in [9.17, 15) is 9.59 Å². The van der Waals surface area contributed by atoms with Crippen molar-refractivity contribution in [3.8, 4) is 0 Å². The summed E-state index contributed by atoms with van der Waals surface area (Å²) in [7, 11) is 0. The molecule has 1 N–H and O–H groups in total. The first kappa shape index (κ1) is 10.3. The van der Waals surface area contributed by atoms with Gasteiger partial charge in [-0.1, -0.05) is 0 Å². The Labute approximate surface area is 89.6 Å². The Morgan fingerprint density at radius 3 is 3.06 bits per heavy atom. The molecule has 6 heteroatoms. The van der Waals surface area contributed by atoms with Crippen molar-refractivity contribution in [1.82, 2.24) is 9.97 Å². The second kappa shape index (κ2) is 4.09. The minimum absolute atomic E-state index is 0.0458. The van der Waals surface area contributed by atoms with Crippen LogP contribution in [0.4, 0.5) is 0 Å². The van der Waals surface area contributed by atoms with E-state index in [4.69, 9.17) is 9.52 Å². The molecule has 0 spiro atoms. The summed E-state index contributed by atoms with van der Waals surface area (Å²) in [5.74, 6) is -0.984. The molecule has 2 heterocycles. The smallest absolute Gasteiger partial charge is 0.358 e. The zero-order chi connectivity index (χ0) is 11.5. The Bertz CT molecular complexity index is 591. The number of aromatic nitrogens is 2. The second-order valence-electron chi connectivity index (χ2n) is 3.17. The highest BCUT2D eigenvalue weighted by Gasteiger charge is 2.09. The van der Waals surface area contributed by atoms with Gasteiger partial charge < -0.3 is 9.52 Å². The predicted octanol–water partition coefficient (Wildman–Crippen LogP) is 0.600. The number of rotatable bonds is 3. The minimum Gasteiger partial charge on any atom is -0.481 e. The van der Waals surface area contributed by atoms with E-state index >= 15 is 0 Å². The van der Waals surface area contributed by atoms with Crippen LogP contribution < -0.4 is 5.63 Å². The van der Waals surface area contributed by atoms with Crippen molar-refractivity contribution in [3.63, 3.8) is 0 Å². The maximum absolute atomic E-state index is 11.4. The number of pyridine rings is 1. The summed E-state index contributed by atoms with van der Waals surface area (Å²) in [5.41, 5.74) is 0.0874. The lowest BCUT2D eigenvalue weighted by atomic mass is 10.2. The summed E-state index contributed by atoms with van der Waals surface area (Å²) in [6.45, 7) is 0. The molecule has 0 amide bonds. The number of carboxylic acid groups (broad SMARTS) is 1. The third-order valence-corrected chi connectivity index (χ3v) is 2.01. The van der Waals surface area contributed by atoms with Gasteiger partial charge in [-0.2, -0.15) is 0 Å². The van der Waals surface area contributed by atoms with Crippen molar-refractivity contribution >= 4 is 17.2 Å². The van der Waals surface area contributed by atoms with Crippen molar-refractivity contribution in [3.05, 3.63) is 34.4 Å². The summed E-state index contributed by atoms with van der Waals surface area (Å²) >= 11 is 0. The van der Waals surface area contributed by atoms with E-state index in [1.807, 2.05) is 0 Å². The van der Waals surface area contributed by atoms with E-state index < -0.39 is 11.6 Å². The maximum Gasteiger partial charge on any atom is 0.358 e. The van der Waals surface area contributed by atoms with Crippen LogP contribution in [0.25, 0.3) is 11.2 Å². The quantitative estimate of drug-likeness (QED) is 0.814. The van der Waals surface area contributed by atoms with Gasteiger partial charge in [-0.05, 0) is 12.1 Å². The molecule has 6 nitrogen and oxygen atoms in total. The monoisotopic (exact) mass is 220 g/mol. The zero-order valence-electron chi connectivity index (χ0n) is 8.21. The molecule has 2 aromatic rings. The summed E-state index contributed by atoms with van der Waals surface area (Å²) < 4.78 is 4.95. The zero-order valence-corrected chi connectivity index (χ0v) is 8.21. The van der Waals surface area contributed by atoms with Gasteiger partial charge in [-0.25, -0.2) is 14.8 Å². The molecule has 82 valence electrons. The van der Waals surface area contributed by atoms with Crippen molar-refractivity contribution < 1.29 is 14.3 Å². The summed E-state index contributed by atoms with van der Waals surface area (Å²) in [6, 6.07) is 3.21. The van der Waals surface area contributed by atoms with E-state index in [0.717, 1.165) is 0 Å². The first-order valence-corrected chi connectivity index (χ1v) is 4.63. The van der Waals surface area contributed by atoms with E-state index in [0.29, 0.717) is 11.2 Å². The Morgan fingerprint density at radius 1 is 1.50 bits per heavy atom. The van der Waals surface area contributed by atoms with Gasteiger partial charge in [-0.15, -0.1) is 0 Å². The number of hydrogen-bond acceptors (Lipinski definition) is 5. The van der Waals surface area contributed by atoms with Crippen LogP contribution >= 0.6 is 0 Å². The Morgan fingerprint density at radius 2 is 2.31 bits per heavy atom. The van der Waals surface area contributed by atoms with Crippen molar-refractivity contribution in [2.45, 2.75) is 12.8 Å². The number of aryl methyl sites for hydroxylation is 1.